The molecule has 1 aliphatic rings. The minimum absolute atomic E-state index is 0.415. The topological polar surface area (TPSA) is 59.1 Å². The predicted octanol–water partition coefficient (Wildman–Crippen LogP) is 2.93. The molecule has 2 aromatic rings. The van der Waals surface area contributed by atoms with E-state index in [1.165, 1.54) is 18.4 Å². The Hall–Kier alpha value is -1.87. The standard InChI is InChI=1S/C16H18N2O/c1-10-8-9-18-16(17)14(10)15(19)13-5-3-2-4-12(13)11-6-7-11/h2-5,8-9,11,15,19H,6-7H2,1H3,(H2,17,18). The summed E-state index contributed by atoms with van der Waals surface area (Å²) in [4.78, 5) is 4.09. The van der Waals surface area contributed by atoms with Gasteiger partial charge in [0.15, 0.2) is 0 Å². The first-order valence-corrected chi connectivity index (χ1v) is 6.66. The van der Waals surface area contributed by atoms with E-state index in [-0.39, 0.29) is 0 Å². The number of rotatable bonds is 3. The van der Waals surface area contributed by atoms with Crippen LogP contribution in [0.15, 0.2) is 36.5 Å². The first-order valence-electron chi connectivity index (χ1n) is 6.66. The van der Waals surface area contributed by atoms with Crippen molar-refractivity contribution in [3.63, 3.8) is 0 Å². The van der Waals surface area contributed by atoms with Gasteiger partial charge < -0.3 is 10.8 Å². The van der Waals surface area contributed by atoms with Gasteiger partial charge in [-0.3, -0.25) is 0 Å². The zero-order valence-electron chi connectivity index (χ0n) is 11.0. The number of nitrogen functional groups attached to an aromatic ring is 1. The summed E-state index contributed by atoms with van der Waals surface area (Å²) in [5.41, 5.74) is 9.85. The van der Waals surface area contributed by atoms with Gasteiger partial charge in [-0.15, -0.1) is 0 Å². The van der Waals surface area contributed by atoms with Gasteiger partial charge in [0.2, 0.25) is 0 Å². The summed E-state index contributed by atoms with van der Waals surface area (Å²) in [5.74, 6) is 1.02. The molecule has 1 fully saturated rings. The highest BCUT2D eigenvalue weighted by atomic mass is 16.3. The molecule has 1 unspecified atom stereocenters. The molecular weight excluding hydrogens is 236 g/mol. The summed E-state index contributed by atoms with van der Waals surface area (Å²) in [6, 6.07) is 9.98. The van der Waals surface area contributed by atoms with Crippen molar-refractivity contribution in [2.75, 3.05) is 5.73 Å². The number of hydrogen-bond donors (Lipinski definition) is 2. The van der Waals surface area contributed by atoms with E-state index in [0.29, 0.717) is 11.7 Å². The summed E-state index contributed by atoms with van der Waals surface area (Å²) in [6.07, 6.45) is 3.41. The van der Waals surface area contributed by atoms with E-state index in [4.69, 9.17) is 5.73 Å². The average Bonchev–Trinajstić information content (AvgIpc) is 3.22. The number of hydrogen-bond acceptors (Lipinski definition) is 3. The van der Waals surface area contributed by atoms with Crippen LogP contribution in [0.2, 0.25) is 0 Å². The van der Waals surface area contributed by atoms with Gasteiger partial charge in [0.1, 0.15) is 11.9 Å². The van der Waals surface area contributed by atoms with E-state index in [1.807, 2.05) is 31.2 Å². The number of benzene rings is 1. The van der Waals surface area contributed by atoms with E-state index in [2.05, 4.69) is 11.1 Å². The first kappa shape index (κ1) is 12.2. The Morgan fingerprint density at radius 1 is 1.26 bits per heavy atom. The van der Waals surface area contributed by atoms with Crippen molar-refractivity contribution in [1.29, 1.82) is 0 Å². The Bertz CT molecular complexity index is 585. The summed E-state index contributed by atoms with van der Waals surface area (Å²) in [6.45, 7) is 1.95. The second kappa shape index (κ2) is 4.67. The van der Waals surface area contributed by atoms with Crippen molar-refractivity contribution >= 4 is 5.82 Å². The average molecular weight is 254 g/mol. The molecule has 1 saturated carbocycles. The van der Waals surface area contributed by atoms with Gasteiger partial charge in [0, 0.05) is 11.8 Å². The zero-order valence-corrected chi connectivity index (χ0v) is 11.0. The van der Waals surface area contributed by atoms with E-state index in [0.717, 1.165) is 16.7 Å². The van der Waals surface area contributed by atoms with Crippen molar-refractivity contribution in [3.8, 4) is 0 Å². The third kappa shape index (κ3) is 2.22. The molecule has 19 heavy (non-hydrogen) atoms. The molecule has 3 heteroatoms. The van der Waals surface area contributed by atoms with Gasteiger partial charge in [-0.2, -0.15) is 0 Å². The number of aliphatic hydroxyl groups is 1. The van der Waals surface area contributed by atoms with Gasteiger partial charge in [0.25, 0.3) is 0 Å². The normalized spacial score (nSPS) is 16.3. The summed E-state index contributed by atoms with van der Waals surface area (Å²) >= 11 is 0. The molecule has 0 saturated heterocycles. The van der Waals surface area contributed by atoms with Crippen LogP contribution in [0.3, 0.4) is 0 Å². The molecule has 0 radical (unpaired) electrons. The number of nitrogens with two attached hydrogens (primary N) is 1. The third-order valence-corrected chi connectivity index (χ3v) is 3.82. The molecule has 98 valence electrons. The maximum atomic E-state index is 10.7. The molecule has 1 aromatic heterocycles. The second-order valence-electron chi connectivity index (χ2n) is 5.23. The molecule has 1 atom stereocenters. The zero-order chi connectivity index (χ0) is 13.4. The lowest BCUT2D eigenvalue weighted by atomic mass is 9.93. The maximum absolute atomic E-state index is 10.7. The van der Waals surface area contributed by atoms with Crippen LogP contribution >= 0.6 is 0 Å². The first-order chi connectivity index (χ1) is 9.18. The molecule has 3 N–H and O–H groups in total. The van der Waals surface area contributed by atoms with Crippen LogP contribution in [-0.2, 0) is 0 Å². The third-order valence-electron chi connectivity index (χ3n) is 3.82. The molecule has 3 nitrogen and oxygen atoms in total. The van der Waals surface area contributed by atoms with Gasteiger partial charge in [-0.05, 0) is 48.4 Å². The number of nitrogens with zero attached hydrogens (tertiary/aromatic N) is 1. The smallest absolute Gasteiger partial charge is 0.129 e. The minimum atomic E-state index is -0.689. The Kier molecular flexibility index (Phi) is 2.99. The highest BCUT2D eigenvalue weighted by molar-refractivity contribution is 5.50. The van der Waals surface area contributed by atoms with Crippen LogP contribution < -0.4 is 5.73 Å². The molecule has 1 aliphatic carbocycles. The number of pyridine rings is 1. The Balaban J connectivity index is 2.07. The number of anilines is 1. The molecule has 0 aliphatic heterocycles. The van der Waals surface area contributed by atoms with E-state index >= 15 is 0 Å². The van der Waals surface area contributed by atoms with Crippen molar-refractivity contribution in [2.45, 2.75) is 31.8 Å². The molecule has 1 heterocycles. The van der Waals surface area contributed by atoms with Gasteiger partial charge in [-0.1, -0.05) is 24.3 Å². The minimum Gasteiger partial charge on any atom is -0.383 e. The van der Waals surface area contributed by atoms with Crippen LogP contribution in [0.4, 0.5) is 5.82 Å². The van der Waals surface area contributed by atoms with E-state index in [1.54, 1.807) is 6.20 Å². The Morgan fingerprint density at radius 2 is 2.00 bits per heavy atom. The maximum Gasteiger partial charge on any atom is 0.129 e. The highest BCUT2D eigenvalue weighted by Gasteiger charge is 2.29. The van der Waals surface area contributed by atoms with Crippen LogP contribution in [0.1, 0.15) is 47.1 Å². The van der Waals surface area contributed by atoms with Gasteiger partial charge in [0.05, 0.1) is 0 Å². The monoisotopic (exact) mass is 254 g/mol. The fourth-order valence-corrected chi connectivity index (χ4v) is 2.63. The predicted molar refractivity (Wildman–Crippen MR) is 75.9 cm³/mol. The quantitative estimate of drug-likeness (QED) is 0.885. The fourth-order valence-electron chi connectivity index (χ4n) is 2.63. The van der Waals surface area contributed by atoms with E-state index in [9.17, 15) is 5.11 Å². The van der Waals surface area contributed by atoms with Crippen molar-refractivity contribution in [1.82, 2.24) is 4.98 Å². The molecule has 0 bridgehead atoms. The molecule has 0 amide bonds. The van der Waals surface area contributed by atoms with Crippen LogP contribution in [0, 0.1) is 6.92 Å². The highest BCUT2D eigenvalue weighted by Crippen LogP contribution is 2.44. The van der Waals surface area contributed by atoms with Crippen molar-refractivity contribution < 1.29 is 5.11 Å². The number of aryl methyl sites for hydroxylation is 1. The van der Waals surface area contributed by atoms with Gasteiger partial charge >= 0.3 is 0 Å². The lowest BCUT2D eigenvalue weighted by Crippen LogP contribution is -2.09. The van der Waals surface area contributed by atoms with Gasteiger partial charge in [-0.25, -0.2) is 4.98 Å². The van der Waals surface area contributed by atoms with Crippen LogP contribution in [0.5, 0.6) is 0 Å². The summed E-state index contributed by atoms with van der Waals surface area (Å²) in [5, 5.41) is 10.7. The van der Waals surface area contributed by atoms with Crippen LogP contribution in [0.25, 0.3) is 0 Å². The lowest BCUT2D eigenvalue weighted by Gasteiger charge is -2.18. The lowest BCUT2D eigenvalue weighted by molar-refractivity contribution is 0.219. The Labute approximate surface area is 113 Å². The summed E-state index contributed by atoms with van der Waals surface area (Å²) < 4.78 is 0. The number of aliphatic hydroxyl groups excluding tert-OH is 1. The molecule has 1 aromatic carbocycles. The Morgan fingerprint density at radius 3 is 2.68 bits per heavy atom. The van der Waals surface area contributed by atoms with Crippen molar-refractivity contribution in [2.24, 2.45) is 0 Å². The summed E-state index contributed by atoms with van der Waals surface area (Å²) in [7, 11) is 0. The second-order valence-corrected chi connectivity index (χ2v) is 5.23. The van der Waals surface area contributed by atoms with E-state index < -0.39 is 6.10 Å². The molecule has 3 rings (SSSR count). The van der Waals surface area contributed by atoms with Crippen LogP contribution in [-0.4, -0.2) is 10.1 Å². The molecular formula is C16H18N2O. The SMILES string of the molecule is Cc1ccnc(N)c1C(O)c1ccccc1C1CC1. The fraction of sp³-hybridized carbons (Fsp3) is 0.312. The number of aromatic nitrogens is 1. The van der Waals surface area contributed by atoms with Crippen molar-refractivity contribution in [3.05, 3.63) is 58.8 Å². The molecule has 0 spiro atoms. The largest absolute Gasteiger partial charge is 0.383 e.